The van der Waals surface area contributed by atoms with Gasteiger partial charge in [-0.05, 0) is 23.8 Å². The second kappa shape index (κ2) is 5.52. The molecule has 80 valence electrons. The van der Waals surface area contributed by atoms with Crippen LogP contribution in [0.1, 0.15) is 32.6 Å². The molecule has 0 aliphatic heterocycles. The van der Waals surface area contributed by atoms with Crippen molar-refractivity contribution in [3.63, 3.8) is 0 Å². The van der Waals surface area contributed by atoms with Crippen LogP contribution < -0.4 is 5.32 Å². The minimum atomic E-state index is 0.572. The van der Waals surface area contributed by atoms with E-state index in [2.05, 4.69) is 50.5 Å². The molecule has 0 fully saturated rings. The van der Waals surface area contributed by atoms with E-state index in [0.717, 1.165) is 6.42 Å². The number of rotatable bonds is 5. The van der Waals surface area contributed by atoms with E-state index in [9.17, 15) is 0 Å². The molecule has 0 saturated carbocycles. The van der Waals surface area contributed by atoms with Gasteiger partial charge in [-0.25, -0.2) is 0 Å². The quantitative estimate of drug-likeness (QED) is 0.788. The van der Waals surface area contributed by atoms with Crippen LogP contribution in [0.5, 0.6) is 0 Å². The van der Waals surface area contributed by atoms with E-state index in [1.54, 1.807) is 0 Å². The molecular weight excluding hydrogens is 190 g/mol. The van der Waals surface area contributed by atoms with E-state index in [4.69, 9.17) is 0 Å². The Kier molecular flexibility index (Phi) is 4.63. The van der Waals surface area contributed by atoms with Crippen molar-refractivity contribution in [2.75, 3.05) is 0 Å². The number of nitrogens with one attached hydrogen (secondary N) is 1. The van der Waals surface area contributed by atoms with Crippen LogP contribution >= 0.6 is 11.3 Å². The maximum atomic E-state index is 3.62. The van der Waals surface area contributed by atoms with Crippen LogP contribution in [-0.4, -0.2) is 12.1 Å². The molecule has 0 amide bonds. The van der Waals surface area contributed by atoms with E-state index < -0.39 is 0 Å². The highest BCUT2D eigenvalue weighted by molar-refractivity contribution is 7.09. The molecule has 1 rings (SSSR count). The largest absolute Gasteiger partial charge is 0.311 e. The molecule has 0 bridgehead atoms. The Balaban J connectivity index is 2.51. The highest BCUT2D eigenvalue weighted by Gasteiger charge is 2.14. The Bertz CT molecular complexity index is 239. The van der Waals surface area contributed by atoms with Gasteiger partial charge in [0.05, 0.1) is 0 Å². The first kappa shape index (κ1) is 11.7. The zero-order valence-corrected chi connectivity index (χ0v) is 10.4. The van der Waals surface area contributed by atoms with Gasteiger partial charge < -0.3 is 5.32 Å². The third-order valence-corrected chi connectivity index (χ3v) is 3.25. The predicted octanol–water partition coefficient (Wildman–Crippen LogP) is 3.31. The molecule has 0 unspecified atom stereocenters. The summed E-state index contributed by atoms with van der Waals surface area (Å²) in [5, 5.41) is 5.78. The second-order valence-corrected chi connectivity index (χ2v) is 5.49. The Morgan fingerprint density at radius 1 is 1.29 bits per heavy atom. The van der Waals surface area contributed by atoms with E-state index in [0.29, 0.717) is 18.0 Å². The smallest absolute Gasteiger partial charge is 0.0141 e. The lowest BCUT2D eigenvalue weighted by Gasteiger charge is -2.24. The molecule has 0 saturated heterocycles. The van der Waals surface area contributed by atoms with Gasteiger partial charge in [-0.3, -0.25) is 0 Å². The Hall–Kier alpha value is -0.340. The van der Waals surface area contributed by atoms with Gasteiger partial charge in [0.1, 0.15) is 0 Å². The monoisotopic (exact) mass is 211 g/mol. The fourth-order valence-corrected chi connectivity index (χ4v) is 2.33. The van der Waals surface area contributed by atoms with Gasteiger partial charge in [-0.1, -0.05) is 33.8 Å². The minimum absolute atomic E-state index is 0.572. The summed E-state index contributed by atoms with van der Waals surface area (Å²) in [4.78, 5) is 1.48. The van der Waals surface area contributed by atoms with Crippen molar-refractivity contribution in [3.05, 3.63) is 22.4 Å². The molecule has 1 aromatic rings. The average Bonchev–Trinajstić information content (AvgIpc) is 2.54. The van der Waals surface area contributed by atoms with Crippen molar-refractivity contribution >= 4 is 11.3 Å². The molecule has 14 heavy (non-hydrogen) atoms. The van der Waals surface area contributed by atoms with Crippen molar-refractivity contribution in [2.24, 2.45) is 5.92 Å². The molecule has 1 nitrogen and oxygen atoms in total. The fraction of sp³-hybridized carbons (Fsp3) is 0.667. The highest BCUT2D eigenvalue weighted by atomic mass is 32.1. The summed E-state index contributed by atoms with van der Waals surface area (Å²) in [6, 6.07) is 5.53. The first-order valence-electron chi connectivity index (χ1n) is 5.38. The van der Waals surface area contributed by atoms with Gasteiger partial charge in [0.25, 0.3) is 0 Å². The Labute approximate surface area is 91.5 Å². The standard InChI is InChI=1S/C12H21NS/c1-9(2)12(13-10(3)4)8-11-6-5-7-14-11/h5-7,9-10,12-13H,8H2,1-4H3/t12-/m0/s1. The molecule has 1 N–H and O–H groups in total. The highest BCUT2D eigenvalue weighted by Crippen LogP contribution is 2.15. The third kappa shape index (κ3) is 3.81. The predicted molar refractivity (Wildman–Crippen MR) is 64.9 cm³/mol. The molecular formula is C12H21NS. The molecule has 0 radical (unpaired) electrons. The summed E-state index contributed by atoms with van der Waals surface area (Å²) < 4.78 is 0. The lowest BCUT2D eigenvalue weighted by Crippen LogP contribution is -2.39. The molecule has 1 heterocycles. The number of thiophene rings is 1. The second-order valence-electron chi connectivity index (χ2n) is 4.46. The Morgan fingerprint density at radius 3 is 2.43 bits per heavy atom. The number of hydrogen-bond donors (Lipinski definition) is 1. The lowest BCUT2D eigenvalue weighted by molar-refractivity contribution is 0.370. The van der Waals surface area contributed by atoms with Gasteiger partial charge >= 0.3 is 0 Å². The number of hydrogen-bond acceptors (Lipinski definition) is 2. The Morgan fingerprint density at radius 2 is 2.00 bits per heavy atom. The van der Waals surface area contributed by atoms with Crippen LogP contribution in [0.3, 0.4) is 0 Å². The van der Waals surface area contributed by atoms with Crippen LogP contribution in [0.4, 0.5) is 0 Å². The minimum Gasteiger partial charge on any atom is -0.311 e. The topological polar surface area (TPSA) is 12.0 Å². The van der Waals surface area contributed by atoms with Crippen LogP contribution in [0.25, 0.3) is 0 Å². The molecule has 1 atom stereocenters. The first-order valence-corrected chi connectivity index (χ1v) is 6.26. The zero-order valence-electron chi connectivity index (χ0n) is 9.58. The van der Waals surface area contributed by atoms with Crippen LogP contribution in [0.15, 0.2) is 17.5 Å². The summed E-state index contributed by atoms with van der Waals surface area (Å²) in [5.41, 5.74) is 0. The van der Waals surface area contributed by atoms with Gasteiger partial charge in [-0.15, -0.1) is 11.3 Å². The third-order valence-electron chi connectivity index (χ3n) is 2.35. The summed E-state index contributed by atoms with van der Waals surface area (Å²) >= 11 is 1.86. The van der Waals surface area contributed by atoms with Gasteiger partial charge in [-0.2, -0.15) is 0 Å². The van der Waals surface area contributed by atoms with Crippen LogP contribution in [0, 0.1) is 5.92 Å². The van der Waals surface area contributed by atoms with E-state index in [1.807, 2.05) is 11.3 Å². The molecule has 1 aromatic heterocycles. The van der Waals surface area contributed by atoms with Crippen LogP contribution in [-0.2, 0) is 6.42 Å². The molecule has 0 spiro atoms. The van der Waals surface area contributed by atoms with Crippen molar-refractivity contribution < 1.29 is 0 Å². The maximum Gasteiger partial charge on any atom is 0.0141 e. The van der Waals surface area contributed by atoms with Gasteiger partial charge in [0.2, 0.25) is 0 Å². The fourth-order valence-electron chi connectivity index (χ4n) is 1.56. The van der Waals surface area contributed by atoms with Gasteiger partial charge in [0, 0.05) is 17.0 Å². The molecule has 0 aliphatic rings. The molecule has 0 aromatic carbocycles. The van der Waals surface area contributed by atoms with Gasteiger partial charge in [0.15, 0.2) is 0 Å². The normalized spacial score (nSPS) is 13.9. The maximum absolute atomic E-state index is 3.62. The van der Waals surface area contributed by atoms with E-state index >= 15 is 0 Å². The van der Waals surface area contributed by atoms with E-state index in [-0.39, 0.29) is 0 Å². The zero-order chi connectivity index (χ0) is 10.6. The van der Waals surface area contributed by atoms with Crippen molar-refractivity contribution in [1.82, 2.24) is 5.32 Å². The first-order chi connectivity index (χ1) is 6.59. The SMILES string of the molecule is CC(C)N[C@@H](Cc1cccs1)C(C)C. The van der Waals surface area contributed by atoms with Crippen LogP contribution in [0.2, 0.25) is 0 Å². The molecule has 0 aliphatic carbocycles. The summed E-state index contributed by atoms with van der Waals surface area (Å²) in [6.45, 7) is 8.99. The molecule has 2 heteroatoms. The summed E-state index contributed by atoms with van der Waals surface area (Å²) in [6.07, 6.45) is 1.16. The lowest BCUT2D eigenvalue weighted by atomic mass is 9.99. The average molecular weight is 211 g/mol. The van der Waals surface area contributed by atoms with Crippen molar-refractivity contribution in [3.8, 4) is 0 Å². The van der Waals surface area contributed by atoms with Crippen molar-refractivity contribution in [2.45, 2.75) is 46.2 Å². The summed E-state index contributed by atoms with van der Waals surface area (Å²) in [5.74, 6) is 0.694. The summed E-state index contributed by atoms with van der Waals surface area (Å²) in [7, 11) is 0. The van der Waals surface area contributed by atoms with Crippen molar-refractivity contribution in [1.29, 1.82) is 0 Å². The van der Waals surface area contributed by atoms with E-state index in [1.165, 1.54) is 4.88 Å².